The van der Waals surface area contributed by atoms with Gasteiger partial charge in [-0.05, 0) is 57.4 Å². The van der Waals surface area contributed by atoms with Crippen LogP contribution in [0.5, 0.6) is 11.5 Å². The molecule has 1 N–H and O–H groups in total. The minimum atomic E-state index is -1.05. The van der Waals surface area contributed by atoms with Gasteiger partial charge >= 0.3 is 7.12 Å². The van der Waals surface area contributed by atoms with Gasteiger partial charge in [0.2, 0.25) is 0 Å². The minimum absolute atomic E-state index is 0.0737. The van der Waals surface area contributed by atoms with Crippen molar-refractivity contribution < 1.29 is 23.5 Å². The van der Waals surface area contributed by atoms with E-state index in [0.717, 1.165) is 0 Å². The van der Waals surface area contributed by atoms with E-state index in [1.807, 2.05) is 41.5 Å². The molecule has 2 aliphatic heterocycles. The number of aromatic hydroxyl groups is 1. The fourth-order valence-electron chi connectivity index (χ4n) is 3.06. The molecule has 6 heteroatoms. The van der Waals surface area contributed by atoms with Crippen LogP contribution >= 0.6 is 0 Å². The van der Waals surface area contributed by atoms with Gasteiger partial charge in [0.1, 0.15) is 23.3 Å². The van der Waals surface area contributed by atoms with Crippen LogP contribution in [-0.4, -0.2) is 29.5 Å². The maximum absolute atomic E-state index is 15.4. The Morgan fingerprint density at radius 1 is 1.20 bits per heavy atom. The number of benzene rings is 1. The lowest BCUT2D eigenvalue weighted by Crippen LogP contribution is -2.41. The van der Waals surface area contributed by atoms with Crippen LogP contribution in [0.4, 0.5) is 4.39 Å². The molecule has 1 atom stereocenters. The number of ether oxygens (including phenoxy) is 1. The van der Waals surface area contributed by atoms with Crippen molar-refractivity contribution in [1.82, 2.24) is 0 Å². The zero-order valence-corrected chi connectivity index (χ0v) is 15.7. The van der Waals surface area contributed by atoms with Crippen LogP contribution < -0.4 is 4.74 Å². The van der Waals surface area contributed by atoms with Crippen molar-refractivity contribution in [2.75, 3.05) is 0 Å². The fourth-order valence-corrected chi connectivity index (χ4v) is 3.06. The van der Waals surface area contributed by atoms with E-state index >= 15 is 4.39 Å². The first-order valence-electron chi connectivity index (χ1n) is 8.76. The SMILES string of the molecule is CC(C)C1CC(=C(F)B2OC(C)(C)C(C)(C)O2)c2cc(O)ccc2O1. The summed E-state index contributed by atoms with van der Waals surface area (Å²) in [5.41, 5.74) is -0.627. The summed E-state index contributed by atoms with van der Waals surface area (Å²) in [5.74, 6) is 0.872. The Bertz CT molecular complexity index is 695. The van der Waals surface area contributed by atoms with Gasteiger partial charge in [-0.25, -0.2) is 4.39 Å². The molecule has 4 nitrogen and oxygen atoms in total. The summed E-state index contributed by atoms with van der Waals surface area (Å²) in [6.07, 6.45) is 0.268. The molecule has 0 aliphatic carbocycles. The lowest BCUT2D eigenvalue weighted by atomic mass is 9.79. The van der Waals surface area contributed by atoms with Crippen molar-refractivity contribution in [3.05, 3.63) is 29.5 Å². The second-order valence-corrected chi connectivity index (χ2v) is 8.20. The fraction of sp³-hybridized carbons (Fsp3) is 0.579. The molecule has 2 heterocycles. The largest absolute Gasteiger partial charge is 0.525 e. The standard InChI is InChI=1S/C19H26BFO4/c1-11(2)16-10-14(13-9-12(22)7-8-15(13)23-16)17(21)20-24-18(3,4)19(5,6)25-20/h7-9,11,16,22H,10H2,1-6H3. The van der Waals surface area contributed by atoms with Gasteiger partial charge in [-0.1, -0.05) is 13.8 Å². The number of phenols is 1. The molecule has 1 saturated heterocycles. The van der Waals surface area contributed by atoms with E-state index in [9.17, 15) is 5.11 Å². The molecule has 0 spiro atoms. The lowest BCUT2D eigenvalue weighted by Gasteiger charge is -2.32. The smallest absolute Gasteiger partial charge is 0.508 e. The normalized spacial score (nSPS) is 26.4. The van der Waals surface area contributed by atoms with Gasteiger partial charge in [0.05, 0.1) is 11.2 Å². The molecule has 25 heavy (non-hydrogen) atoms. The molecule has 3 rings (SSSR count). The Labute approximate surface area is 149 Å². The van der Waals surface area contributed by atoms with Crippen molar-refractivity contribution in [1.29, 1.82) is 0 Å². The Balaban J connectivity index is 2.05. The van der Waals surface area contributed by atoms with Crippen LogP contribution in [-0.2, 0) is 9.31 Å². The van der Waals surface area contributed by atoms with Crippen molar-refractivity contribution in [3.63, 3.8) is 0 Å². The van der Waals surface area contributed by atoms with Gasteiger partial charge in [-0.15, -0.1) is 0 Å². The highest BCUT2D eigenvalue weighted by atomic mass is 19.1. The zero-order chi connectivity index (χ0) is 18.6. The highest BCUT2D eigenvalue weighted by Gasteiger charge is 2.54. The van der Waals surface area contributed by atoms with Crippen LogP contribution in [0.3, 0.4) is 0 Å². The summed E-state index contributed by atoms with van der Waals surface area (Å²) >= 11 is 0. The third kappa shape index (κ3) is 3.18. The van der Waals surface area contributed by atoms with Gasteiger partial charge in [0.15, 0.2) is 0 Å². The first-order valence-corrected chi connectivity index (χ1v) is 8.76. The van der Waals surface area contributed by atoms with Crippen LogP contribution in [0.25, 0.3) is 5.57 Å². The molecule has 0 bridgehead atoms. The average Bonchev–Trinajstić information content (AvgIpc) is 2.73. The topological polar surface area (TPSA) is 47.9 Å². The van der Waals surface area contributed by atoms with Crippen LogP contribution in [0.2, 0.25) is 0 Å². The number of hydrogen-bond donors (Lipinski definition) is 1. The molecule has 0 radical (unpaired) electrons. The van der Waals surface area contributed by atoms with Crippen LogP contribution in [0.15, 0.2) is 23.9 Å². The van der Waals surface area contributed by atoms with E-state index in [1.165, 1.54) is 6.07 Å². The molecular formula is C19H26BFO4. The van der Waals surface area contributed by atoms with Crippen molar-refractivity contribution in [2.24, 2.45) is 5.92 Å². The Kier molecular flexibility index (Phi) is 4.40. The molecule has 1 aromatic carbocycles. The molecule has 2 aliphatic rings. The maximum Gasteiger partial charge on any atom is 0.525 e. The first-order chi connectivity index (χ1) is 11.5. The predicted octanol–water partition coefficient (Wildman–Crippen LogP) is 4.51. The number of phenolic OH excluding ortho intramolecular Hbond substituents is 1. The lowest BCUT2D eigenvalue weighted by molar-refractivity contribution is 0.00578. The van der Waals surface area contributed by atoms with Crippen molar-refractivity contribution in [2.45, 2.75) is 65.3 Å². The van der Waals surface area contributed by atoms with Crippen LogP contribution in [0.1, 0.15) is 53.5 Å². The second-order valence-electron chi connectivity index (χ2n) is 8.20. The van der Waals surface area contributed by atoms with E-state index in [4.69, 9.17) is 14.0 Å². The summed E-state index contributed by atoms with van der Waals surface area (Å²) in [6, 6.07) is 4.76. The Morgan fingerprint density at radius 2 is 1.80 bits per heavy atom. The number of halogens is 1. The highest BCUT2D eigenvalue weighted by Crippen LogP contribution is 2.45. The molecular weight excluding hydrogens is 322 g/mol. The summed E-state index contributed by atoms with van der Waals surface area (Å²) in [7, 11) is -1.05. The summed E-state index contributed by atoms with van der Waals surface area (Å²) in [4.78, 5) is 0. The number of hydrogen-bond acceptors (Lipinski definition) is 4. The number of rotatable bonds is 2. The molecule has 1 fully saturated rings. The van der Waals surface area contributed by atoms with Crippen molar-refractivity contribution in [3.8, 4) is 11.5 Å². The van der Waals surface area contributed by atoms with Gasteiger partial charge in [-0.3, -0.25) is 0 Å². The zero-order valence-electron chi connectivity index (χ0n) is 15.7. The van der Waals surface area contributed by atoms with E-state index in [2.05, 4.69) is 0 Å². The molecule has 136 valence electrons. The second kappa shape index (κ2) is 6.03. The summed E-state index contributed by atoms with van der Waals surface area (Å²) < 4.78 is 33.1. The van der Waals surface area contributed by atoms with Crippen molar-refractivity contribution >= 4 is 12.7 Å². The van der Waals surface area contributed by atoms with Gasteiger partial charge < -0.3 is 19.2 Å². The molecule has 1 aromatic rings. The molecule has 1 unspecified atom stereocenters. The van der Waals surface area contributed by atoms with Gasteiger partial charge in [0.25, 0.3) is 0 Å². The van der Waals surface area contributed by atoms with Crippen LogP contribution in [0, 0.1) is 5.92 Å². The quantitative estimate of drug-likeness (QED) is 0.799. The third-order valence-corrected chi connectivity index (χ3v) is 5.46. The van der Waals surface area contributed by atoms with Gasteiger partial charge in [-0.2, -0.15) is 0 Å². The summed E-state index contributed by atoms with van der Waals surface area (Å²) in [6.45, 7) is 11.7. The van der Waals surface area contributed by atoms with Gasteiger partial charge in [0, 0.05) is 12.0 Å². The monoisotopic (exact) mass is 348 g/mol. The average molecular weight is 348 g/mol. The van der Waals surface area contributed by atoms with E-state index < -0.39 is 24.0 Å². The first kappa shape index (κ1) is 18.3. The Hall–Kier alpha value is -1.53. The molecule has 0 saturated carbocycles. The Morgan fingerprint density at radius 3 is 2.36 bits per heavy atom. The van der Waals surface area contributed by atoms with E-state index in [0.29, 0.717) is 23.3 Å². The maximum atomic E-state index is 15.4. The highest BCUT2D eigenvalue weighted by molar-refractivity contribution is 6.55. The van der Waals surface area contributed by atoms with E-state index in [-0.39, 0.29) is 17.8 Å². The number of fused-ring (bicyclic) bond motifs is 1. The summed E-state index contributed by atoms with van der Waals surface area (Å²) in [5, 5.41) is 9.83. The minimum Gasteiger partial charge on any atom is -0.508 e. The molecule has 0 aromatic heterocycles. The predicted molar refractivity (Wildman–Crippen MR) is 96.1 cm³/mol. The third-order valence-electron chi connectivity index (χ3n) is 5.46. The van der Waals surface area contributed by atoms with E-state index in [1.54, 1.807) is 12.1 Å². The molecule has 0 amide bonds.